The molecule has 20 heavy (non-hydrogen) atoms. The van der Waals surface area contributed by atoms with Crippen LogP contribution in [-0.4, -0.2) is 20.7 Å². The van der Waals surface area contributed by atoms with E-state index in [1.165, 1.54) is 42.0 Å². The van der Waals surface area contributed by atoms with Crippen molar-refractivity contribution >= 4 is 10.8 Å². The number of nitrogens with one attached hydrogen (secondary N) is 1. The van der Waals surface area contributed by atoms with Crippen LogP contribution in [0.2, 0.25) is 0 Å². The monoisotopic (exact) mass is 269 g/mol. The number of fused-ring (bicyclic) bond motifs is 1. The summed E-state index contributed by atoms with van der Waals surface area (Å²) < 4.78 is 5.28. The van der Waals surface area contributed by atoms with Gasteiger partial charge in [0.15, 0.2) is 0 Å². The van der Waals surface area contributed by atoms with Crippen LogP contribution in [0.15, 0.2) is 36.4 Å². The van der Waals surface area contributed by atoms with Crippen molar-refractivity contribution in [2.45, 2.75) is 25.7 Å². The highest BCUT2D eigenvalue weighted by molar-refractivity contribution is 5.84. The highest BCUT2D eigenvalue weighted by Crippen LogP contribution is 2.43. The molecule has 0 amide bonds. The predicted molar refractivity (Wildman–Crippen MR) is 84.4 cm³/mol. The number of benzene rings is 2. The van der Waals surface area contributed by atoms with Crippen molar-refractivity contribution in [1.82, 2.24) is 5.32 Å². The maximum atomic E-state index is 5.28. The second kappa shape index (κ2) is 5.45. The van der Waals surface area contributed by atoms with E-state index in [0.29, 0.717) is 5.41 Å². The van der Waals surface area contributed by atoms with Crippen LogP contribution in [0.5, 0.6) is 5.75 Å². The summed E-state index contributed by atoms with van der Waals surface area (Å²) in [4.78, 5) is 0. The van der Waals surface area contributed by atoms with Gasteiger partial charge in [-0.25, -0.2) is 0 Å². The SMILES string of the molecule is CNCC1(Cc2ccc3cc(OC)ccc3c2)CCC1. The summed E-state index contributed by atoms with van der Waals surface area (Å²) >= 11 is 0. The van der Waals surface area contributed by atoms with E-state index >= 15 is 0 Å². The minimum atomic E-state index is 0.495. The Labute approximate surface area is 121 Å². The normalized spacial score (nSPS) is 16.9. The Morgan fingerprint density at radius 2 is 1.85 bits per heavy atom. The number of hydrogen-bond acceptors (Lipinski definition) is 2. The second-order valence-corrected chi connectivity index (χ2v) is 6.11. The molecule has 2 heteroatoms. The number of rotatable bonds is 5. The summed E-state index contributed by atoms with van der Waals surface area (Å²) in [6.07, 6.45) is 5.28. The van der Waals surface area contributed by atoms with Gasteiger partial charge in [-0.05, 0) is 60.2 Å². The Hall–Kier alpha value is -1.54. The van der Waals surface area contributed by atoms with Crippen molar-refractivity contribution in [3.05, 3.63) is 42.0 Å². The molecule has 1 aliphatic rings. The van der Waals surface area contributed by atoms with E-state index in [2.05, 4.69) is 42.7 Å². The van der Waals surface area contributed by atoms with Crippen molar-refractivity contribution in [2.75, 3.05) is 20.7 Å². The molecule has 0 heterocycles. The van der Waals surface area contributed by atoms with Crippen LogP contribution in [0, 0.1) is 5.41 Å². The van der Waals surface area contributed by atoms with E-state index in [9.17, 15) is 0 Å². The molecule has 106 valence electrons. The van der Waals surface area contributed by atoms with Crippen LogP contribution < -0.4 is 10.1 Å². The lowest BCUT2D eigenvalue weighted by molar-refractivity contribution is 0.133. The van der Waals surface area contributed by atoms with E-state index in [4.69, 9.17) is 4.74 Å². The van der Waals surface area contributed by atoms with Crippen molar-refractivity contribution < 1.29 is 4.74 Å². The van der Waals surface area contributed by atoms with Gasteiger partial charge in [-0.3, -0.25) is 0 Å². The van der Waals surface area contributed by atoms with Gasteiger partial charge in [0.2, 0.25) is 0 Å². The second-order valence-electron chi connectivity index (χ2n) is 6.11. The minimum absolute atomic E-state index is 0.495. The predicted octanol–water partition coefficient (Wildman–Crippen LogP) is 3.78. The smallest absolute Gasteiger partial charge is 0.119 e. The maximum absolute atomic E-state index is 5.28. The molecule has 1 saturated carbocycles. The van der Waals surface area contributed by atoms with Gasteiger partial charge in [0.05, 0.1) is 7.11 Å². The van der Waals surface area contributed by atoms with Gasteiger partial charge >= 0.3 is 0 Å². The standard InChI is InChI=1S/C18H23NO/c1-19-13-18(8-3-9-18)12-14-4-5-16-11-17(20-2)7-6-15(16)10-14/h4-7,10-11,19H,3,8-9,12-13H2,1-2H3. The number of ether oxygens (including phenoxy) is 1. The third-order valence-corrected chi connectivity index (χ3v) is 4.66. The van der Waals surface area contributed by atoms with Gasteiger partial charge in [-0.15, -0.1) is 0 Å². The molecule has 0 aliphatic heterocycles. The summed E-state index contributed by atoms with van der Waals surface area (Å²) in [6.45, 7) is 1.13. The molecule has 0 aromatic heterocycles. The summed E-state index contributed by atoms with van der Waals surface area (Å²) in [7, 11) is 3.78. The fourth-order valence-electron chi connectivity index (χ4n) is 3.41. The van der Waals surface area contributed by atoms with Gasteiger partial charge in [0.1, 0.15) is 5.75 Å². The number of hydrogen-bond donors (Lipinski definition) is 1. The van der Waals surface area contributed by atoms with Crippen molar-refractivity contribution in [2.24, 2.45) is 5.41 Å². The molecule has 0 unspecified atom stereocenters. The van der Waals surface area contributed by atoms with E-state index in [0.717, 1.165) is 12.3 Å². The van der Waals surface area contributed by atoms with Crippen molar-refractivity contribution in [3.8, 4) is 5.75 Å². The molecule has 3 rings (SSSR count). The summed E-state index contributed by atoms with van der Waals surface area (Å²) in [5, 5.41) is 5.93. The molecule has 1 N–H and O–H groups in total. The van der Waals surface area contributed by atoms with Gasteiger partial charge in [-0.2, -0.15) is 0 Å². The van der Waals surface area contributed by atoms with Crippen LogP contribution in [0.4, 0.5) is 0 Å². The lowest BCUT2D eigenvalue weighted by Crippen LogP contribution is -2.40. The zero-order valence-electron chi connectivity index (χ0n) is 12.4. The molecule has 0 radical (unpaired) electrons. The first kappa shape index (κ1) is 13.4. The molecule has 0 spiro atoms. The Kier molecular flexibility index (Phi) is 3.66. The molecule has 2 aromatic rings. The van der Waals surface area contributed by atoms with Crippen molar-refractivity contribution in [3.63, 3.8) is 0 Å². The quantitative estimate of drug-likeness (QED) is 0.892. The van der Waals surface area contributed by atoms with Gasteiger partial charge < -0.3 is 10.1 Å². The van der Waals surface area contributed by atoms with E-state index in [1.54, 1.807) is 7.11 Å². The first-order valence-electron chi connectivity index (χ1n) is 7.46. The Balaban J connectivity index is 1.85. The average Bonchev–Trinajstić information content (AvgIpc) is 2.44. The molecule has 1 fully saturated rings. The highest BCUT2D eigenvalue weighted by atomic mass is 16.5. The molecular weight excluding hydrogens is 246 g/mol. The molecule has 2 aromatic carbocycles. The largest absolute Gasteiger partial charge is 0.497 e. The van der Waals surface area contributed by atoms with Gasteiger partial charge in [-0.1, -0.05) is 30.7 Å². The Morgan fingerprint density at radius 1 is 1.10 bits per heavy atom. The molecule has 0 saturated heterocycles. The van der Waals surface area contributed by atoms with E-state index in [-0.39, 0.29) is 0 Å². The van der Waals surface area contributed by atoms with Crippen LogP contribution in [0.3, 0.4) is 0 Å². The topological polar surface area (TPSA) is 21.3 Å². The average molecular weight is 269 g/mol. The summed E-state index contributed by atoms with van der Waals surface area (Å²) in [6, 6.07) is 13.1. The summed E-state index contributed by atoms with van der Waals surface area (Å²) in [5.41, 5.74) is 1.95. The van der Waals surface area contributed by atoms with Gasteiger partial charge in [0, 0.05) is 6.54 Å². The molecule has 0 atom stereocenters. The maximum Gasteiger partial charge on any atom is 0.119 e. The lowest BCUT2D eigenvalue weighted by Gasteiger charge is -2.42. The summed E-state index contributed by atoms with van der Waals surface area (Å²) in [5.74, 6) is 0.927. The van der Waals surface area contributed by atoms with Gasteiger partial charge in [0.25, 0.3) is 0 Å². The molecule has 2 nitrogen and oxygen atoms in total. The zero-order chi connectivity index (χ0) is 14.0. The zero-order valence-corrected chi connectivity index (χ0v) is 12.4. The third-order valence-electron chi connectivity index (χ3n) is 4.66. The van der Waals surface area contributed by atoms with Crippen LogP contribution >= 0.6 is 0 Å². The van der Waals surface area contributed by atoms with Crippen molar-refractivity contribution in [1.29, 1.82) is 0 Å². The van der Waals surface area contributed by atoms with Crippen LogP contribution in [-0.2, 0) is 6.42 Å². The molecule has 0 bridgehead atoms. The number of methoxy groups -OCH3 is 1. The fraction of sp³-hybridized carbons (Fsp3) is 0.444. The fourth-order valence-corrected chi connectivity index (χ4v) is 3.41. The van der Waals surface area contributed by atoms with E-state index < -0.39 is 0 Å². The Bertz CT molecular complexity index is 601. The first-order chi connectivity index (χ1) is 9.74. The Morgan fingerprint density at radius 3 is 2.50 bits per heavy atom. The van der Waals surface area contributed by atoms with Crippen LogP contribution in [0.1, 0.15) is 24.8 Å². The first-order valence-corrected chi connectivity index (χ1v) is 7.46. The third kappa shape index (κ3) is 2.53. The molecule has 1 aliphatic carbocycles. The van der Waals surface area contributed by atoms with Crippen LogP contribution in [0.25, 0.3) is 10.8 Å². The lowest BCUT2D eigenvalue weighted by atomic mass is 9.65. The minimum Gasteiger partial charge on any atom is -0.497 e. The van der Waals surface area contributed by atoms with E-state index in [1.807, 2.05) is 6.07 Å². The highest BCUT2D eigenvalue weighted by Gasteiger charge is 2.36. The molecular formula is C18H23NO.